The Balaban J connectivity index is 2.08. The molecule has 1 atom stereocenters. The number of Topliss-reactive ketones (excluding diaryl/α,β-unsaturated/α-hetero) is 1. The van der Waals surface area contributed by atoms with Gasteiger partial charge in [0, 0.05) is 11.1 Å². The molecule has 4 rings (SSSR count). The standard InChI is InChI=1S/C21H14ClN3O3/c1-11-16(18(26)12-6-3-2-4-7-12)21(14(10-23)19(24)28-11)13-8-5-9-15(22)17(13)25-20(21)27/h2-9H,24H2,1H3,(H,25,27). The Kier molecular flexibility index (Phi) is 3.98. The number of para-hydroxylation sites is 1. The summed E-state index contributed by atoms with van der Waals surface area (Å²) < 4.78 is 5.51. The average molecular weight is 392 g/mol. The molecule has 0 radical (unpaired) electrons. The highest BCUT2D eigenvalue weighted by Gasteiger charge is 2.59. The van der Waals surface area contributed by atoms with Crippen LogP contribution < -0.4 is 11.1 Å². The summed E-state index contributed by atoms with van der Waals surface area (Å²) in [5.74, 6) is -1.06. The van der Waals surface area contributed by atoms with E-state index in [-0.39, 0.29) is 22.8 Å². The van der Waals surface area contributed by atoms with E-state index >= 15 is 0 Å². The van der Waals surface area contributed by atoms with Gasteiger partial charge in [0.25, 0.3) is 0 Å². The molecule has 7 heteroatoms. The fourth-order valence-corrected chi connectivity index (χ4v) is 4.06. The molecule has 138 valence electrons. The molecule has 6 nitrogen and oxygen atoms in total. The number of hydrogen-bond donors (Lipinski definition) is 2. The minimum Gasteiger partial charge on any atom is -0.445 e. The number of amides is 1. The van der Waals surface area contributed by atoms with Gasteiger partial charge in [0.15, 0.2) is 5.78 Å². The normalized spacial score (nSPS) is 20.5. The fraction of sp³-hybridized carbons (Fsp3) is 0.0952. The molecular formula is C21H14ClN3O3. The highest BCUT2D eigenvalue weighted by Crippen LogP contribution is 2.53. The van der Waals surface area contributed by atoms with Crippen molar-refractivity contribution < 1.29 is 14.3 Å². The maximum Gasteiger partial charge on any atom is 0.245 e. The van der Waals surface area contributed by atoms with Crippen molar-refractivity contribution in [3.63, 3.8) is 0 Å². The number of allylic oxidation sites excluding steroid dienone is 1. The number of nitrogens with zero attached hydrogens (tertiary/aromatic N) is 1. The predicted molar refractivity (Wildman–Crippen MR) is 103 cm³/mol. The van der Waals surface area contributed by atoms with E-state index in [9.17, 15) is 14.9 Å². The van der Waals surface area contributed by atoms with Crippen LogP contribution in [0.15, 0.2) is 71.3 Å². The lowest BCUT2D eigenvalue weighted by Crippen LogP contribution is -2.45. The summed E-state index contributed by atoms with van der Waals surface area (Å²) in [5.41, 5.74) is 5.25. The second kappa shape index (κ2) is 6.25. The second-order valence-electron chi connectivity index (χ2n) is 6.45. The minimum atomic E-state index is -1.73. The molecule has 0 saturated heterocycles. The molecule has 1 amide bonds. The van der Waals surface area contributed by atoms with Gasteiger partial charge in [-0.25, -0.2) is 0 Å². The van der Waals surface area contributed by atoms with Gasteiger partial charge < -0.3 is 15.8 Å². The number of nitrogens with two attached hydrogens (primary N) is 1. The Hall–Kier alpha value is -3.56. The van der Waals surface area contributed by atoms with Gasteiger partial charge in [-0.2, -0.15) is 5.26 Å². The SMILES string of the molecule is CC1=C(C(=O)c2ccccc2)C2(C(=O)Nc3c(Cl)cccc32)C(C#N)=C(N)O1. The van der Waals surface area contributed by atoms with Gasteiger partial charge in [0.1, 0.15) is 22.8 Å². The van der Waals surface area contributed by atoms with Crippen LogP contribution in [-0.2, 0) is 14.9 Å². The molecule has 0 fully saturated rings. The first kappa shape index (κ1) is 17.8. The van der Waals surface area contributed by atoms with Crippen molar-refractivity contribution in [2.45, 2.75) is 12.3 Å². The number of rotatable bonds is 2. The molecule has 2 aromatic rings. The van der Waals surface area contributed by atoms with Gasteiger partial charge in [-0.3, -0.25) is 9.59 Å². The molecule has 2 aromatic carbocycles. The van der Waals surface area contributed by atoms with E-state index in [2.05, 4.69) is 5.32 Å². The van der Waals surface area contributed by atoms with Crippen LogP contribution in [0.4, 0.5) is 5.69 Å². The molecule has 0 aromatic heterocycles. The molecule has 2 heterocycles. The van der Waals surface area contributed by atoms with Crippen molar-refractivity contribution in [3.05, 3.63) is 87.5 Å². The number of fused-ring (bicyclic) bond motifs is 2. The number of halogens is 1. The average Bonchev–Trinajstić information content (AvgIpc) is 2.96. The lowest BCUT2D eigenvalue weighted by atomic mass is 9.66. The highest BCUT2D eigenvalue weighted by atomic mass is 35.5. The number of carbonyl (C=O) groups excluding carboxylic acids is 2. The van der Waals surface area contributed by atoms with Gasteiger partial charge in [0.05, 0.1) is 16.3 Å². The Labute approximate surface area is 165 Å². The Morgan fingerprint density at radius 1 is 1.21 bits per heavy atom. The van der Waals surface area contributed by atoms with E-state index in [1.54, 1.807) is 55.5 Å². The summed E-state index contributed by atoms with van der Waals surface area (Å²) in [5, 5.41) is 12.9. The van der Waals surface area contributed by atoms with Crippen LogP contribution in [0.3, 0.4) is 0 Å². The van der Waals surface area contributed by atoms with E-state index in [0.29, 0.717) is 21.8 Å². The maximum absolute atomic E-state index is 13.5. The van der Waals surface area contributed by atoms with E-state index in [0.717, 1.165) is 0 Å². The second-order valence-corrected chi connectivity index (χ2v) is 6.85. The third-order valence-corrected chi connectivity index (χ3v) is 5.30. The zero-order chi connectivity index (χ0) is 20.1. The number of ether oxygens (including phenoxy) is 1. The van der Waals surface area contributed by atoms with Crippen LogP contribution >= 0.6 is 11.6 Å². The number of carbonyl (C=O) groups is 2. The quantitative estimate of drug-likeness (QED) is 0.763. The van der Waals surface area contributed by atoms with Crippen LogP contribution in [0.5, 0.6) is 0 Å². The van der Waals surface area contributed by atoms with Crippen LogP contribution in [0.2, 0.25) is 5.02 Å². The fourth-order valence-electron chi connectivity index (χ4n) is 3.83. The van der Waals surface area contributed by atoms with Crippen LogP contribution in [0.1, 0.15) is 22.8 Å². The van der Waals surface area contributed by atoms with Gasteiger partial charge in [0.2, 0.25) is 11.8 Å². The highest BCUT2D eigenvalue weighted by molar-refractivity contribution is 6.35. The number of hydrogen-bond acceptors (Lipinski definition) is 5. The van der Waals surface area contributed by atoms with Crippen molar-refractivity contribution in [2.75, 3.05) is 5.32 Å². The number of ketones is 1. The molecule has 2 aliphatic heterocycles. The molecule has 0 aliphatic carbocycles. The van der Waals surface area contributed by atoms with Crippen molar-refractivity contribution in [2.24, 2.45) is 5.73 Å². The first-order valence-corrected chi connectivity index (χ1v) is 8.80. The third kappa shape index (κ3) is 2.20. The van der Waals surface area contributed by atoms with Crippen LogP contribution in [-0.4, -0.2) is 11.7 Å². The first-order chi connectivity index (χ1) is 13.4. The summed E-state index contributed by atoms with van der Waals surface area (Å²) in [4.78, 5) is 26.8. The minimum absolute atomic E-state index is 0.0444. The maximum atomic E-state index is 13.5. The molecule has 3 N–H and O–H groups in total. The topological polar surface area (TPSA) is 105 Å². The number of benzene rings is 2. The lowest BCUT2D eigenvalue weighted by Gasteiger charge is -2.34. The van der Waals surface area contributed by atoms with Crippen molar-refractivity contribution in [1.29, 1.82) is 5.26 Å². The predicted octanol–water partition coefficient (Wildman–Crippen LogP) is 3.41. The Morgan fingerprint density at radius 3 is 2.61 bits per heavy atom. The molecule has 0 bridgehead atoms. The summed E-state index contributed by atoms with van der Waals surface area (Å²) in [6.45, 7) is 1.55. The molecular weight excluding hydrogens is 378 g/mol. The summed E-state index contributed by atoms with van der Waals surface area (Å²) in [6, 6.07) is 15.4. The van der Waals surface area contributed by atoms with E-state index < -0.39 is 17.1 Å². The number of anilines is 1. The molecule has 2 aliphatic rings. The van der Waals surface area contributed by atoms with Gasteiger partial charge in [-0.1, -0.05) is 54.1 Å². The van der Waals surface area contributed by atoms with E-state index in [1.165, 1.54) is 0 Å². The van der Waals surface area contributed by atoms with Gasteiger partial charge >= 0.3 is 0 Å². The smallest absolute Gasteiger partial charge is 0.245 e. The lowest BCUT2D eigenvalue weighted by molar-refractivity contribution is -0.118. The monoisotopic (exact) mass is 391 g/mol. The van der Waals surface area contributed by atoms with Crippen LogP contribution in [0, 0.1) is 11.3 Å². The molecule has 1 unspecified atom stereocenters. The largest absolute Gasteiger partial charge is 0.445 e. The van der Waals surface area contributed by atoms with Crippen molar-refractivity contribution >= 4 is 29.0 Å². The van der Waals surface area contributed by atoms with E-state index in [4.69, 9.17) is 22.1 Å². The summed E-state index contributed by atoms with van der Waals surface area (Å²) in [6.07, 6.45) is 0. The van der Waals surface area contributed by atoms with Gasteiger partial charge in [-0.05, 0) is 13.0 Å². The zero-order valence-electron chi connectivity index (χ0n) is 14.7. The number of nitrogens with one attached hydrogen (secondary N) is 1. The van der Waals surface area contributed by atoms with Crippen LogP contribution in [0.25, 0.3) is 0 Å². The van der Waals surface area contributed by atoms with E-state index in [1.807, 2.05) is 6.07 Å². The third-order valence-electron chi connectivity index (χ3n) is 4.98. The molecule has 28 heavy (non-hydrogen) atoms. The molecule has 0 saturated carbocycles. The van der Waals surface area contributed by atoms with Crippen molar-refractivity contribution in [3.8, 4) is 6.07 Å². The number of nitriles is 1. The van der Waals surface area contributed by atoms with Crippen molar-refractivity contribution in [1.82, 2.24) is 0 Å². The zero-order valence-corrected chi connectivity index (χ0v) is 15.5. The summed E-state index contributed by atoms with van der Waals surface area (Å²) >= 11 is 6.27. The first-order valence-electron chi connectivity index (χ1n) is 8.42. The Bertz CT molecular complexity index is 1150. The van der Waals surface area contributed by atoms with Gasteiger partial charge in [-0.15, -0.1) is 0 Å². The summed E-state index contributed by atoms with van der Waals surface area (Å²) in [7, 11) is 0. The molecule has 1 spiro atoms. The Morgan fingerprint density at radius 2 is 1.93 bits per heavy atom.